The Bertz CT molecular complexity index is 1170. The summed E-state index contributed by atoms with van der Waals surface area (Å²) in [5.41, 5.74) is 7.65. The van der Waals surface area contributed by atoms with E-state index in [4.69, 9.17) is 10.5 Å². The van der Waals surface area contributed by atoms with Crippen molar-refractivity contribution in [3.8, 4) is 5.75 Å². The number of anilines is 2. The van der Waals surface area contributed by atoms with E-state index < -0.39 is 15.7 Å². The molecule has 1 aliphatic carbocycles. The Labute approximate surface area is 187 Å². The van der Waals surface area contributed by atoms with Gasteiger partial charge in [-0.15, -0.1) is 4.40 Å². The molecular weight excluding hydrogens is 430 g/mol. The van der Waals surface area contributed by atoms with Gasteiger partial charge in [0.1, 0.15) is 12.4 Å². The van der Waals surface area contributed by atoms with Crippen LogP contribution < -0.4 is 25.4 Å². The molecule has 0 saturated heterocycles. The van der Waals surface area contributed by atoms with Gasteiger partial charge < -0.3 is 20.7 Å². The maximum Gasteiger partial charge on any atom is 0.344 e. The second-order valence-electron chi connectivity index (χ2n) is 8.41. The smallest absolute Gasteiger partial charge is 0.344 e. The lowest BCUT2D eigenvalue weighted by molar-refractivity contribution is 0.0855. The summed E-state index contributed by atoms with van der Waals surface area (Å²) in [6.45, 7) is 0.239. The van der Waals surface area contributed by atoms with E-state index in [9.17, 15) is 13.2 Å². The van der Waals surface area contributed by atoms with Crippen LogP contribution in [0.3, 0.4) is 0 Å². The fourth-order valence-corrected chi connectivity index (χ4v) is 4.99. The van der Waals surface area contributed by atoms with Crippen molar-refractivity contribution in [3.63, 3.8) is 0 Å². The van der Waals surface area contributed by atoms with E-state index in [1.165, 1.54) is 0 Å². The number of nitrogens with zero attached hydrogens (tertiary/aromatic N) is 2. The maximum atomic E-state index is 13.0. The molecule has 1 aliphatic heterocycles. The topological polar surface area (TPSA) is 126 Å². The minimum atomic E-state index is -3.86. The number of hydrogen-bond acceptors (Lipinski definition) is 6. The molecule has 9 nitrogen and oxygen atoms in total. The molecule has 4 N–H and O–H groups in total. The van der Waals surface area contributed by atoms with Gasteiger partial charge in [-0.3, -0.25) is 9.52 Å². The van der Waals surface area contributed by atoms with Gasteiger partial charge in [-0.05, 0) is 43.2 Å². The molecule has 1 fully saturated rings. The number of carbonyl (C=O) groups is 1. The molecule has 0 aromatic heterocycles. The summed E-state index contributed by atoms with van der Waals surface area (Å²) in [5.74, 6) is 0.142. The molecular formula is C22H27N5O4S. The van der Waals surface area contributed by atoms with Crippen molar-refractivity contribution in [1.29, 1.82) is 0 Å². The Morgan fingerprint density at radius 1 is 1.22 bits per heavy atom. The van der Waals surface area contributed by atoms with Crippen molar-refractivity contribution in [3.05, 3.63) is 53.6 Å². The molecule has 2 aromatic carbocycles. The van der Waals surface area contributed by atoms with Gasteiger partial charge in [0.05, 0.1) is 16.8 Å². The molecule has 10 heteroatoms. The lowest BCUT2D eigenvalue weighted by Crippen LogP contribution is -2.50. The van der Waals surface area contributed by atoms with Gasteiger partial charge in [-0.25, -0.2) is 0 Å². The SMILES string of the molecule is CN(C)c1cccc(C(=O)NC2(COc3cccc4c3C(N)=NS(=O)(=O)N4)CCCC2)c1. The average Bonchev–Trinajstić information content (AvgIpc) is 3.19. The minimum absolute atomic E-state index is 0.126. The van der Waals surface area contributed by atoms with E-state index in [0.717, 1.165) is 31.4 Å². The van der Waals surface area contributed by atoms with Crippen molar-refractivity contribution >= 4 is 33.3 Å². The number of ether oxygens (including phenoxy) is 1. The Morgan fingerprint density at radius 2 is 1.94 bits per heavy atom. The van der Waals surface area contributed by atoms with Crippen LogP contribution in [-0.4, -0.2) is 46.4 Å². The molecule has 1 saturated carbocycles. The zero-order chi connectivity index (χ0) is 22.9. The van der Waals surface area contributed by atoms with Crippen molar-refractivity contribution in [1.82, 2.24) is 5.32 Å². The number of amides is 1. The highest BCUT2D eigenvalue weighted by atomic mass is 32.2. The van der Waals surface area contributed by atoms with E-state index in [1.54, 1.807) is 24.3 Å². The first kappa shape index (κ1) is 21.9. The number of benzene rings is 2. The Balaban J connectivity index is 1.54. The van der Waals surface area contributed by atoms with Crippen molar-refractivity contribution in [2.75, 3.05) is 30.3 Å². The third-order valence-electron chi connectivity index (χ3n) is 5.81. The van der Waals surface area contributed by atoms with Crippen LogP contribution in [0.15, 0.2) is 46.9 Å². The van der Waals surface area contributed by atoms with Crippen molar-refractivity contribution in [2.24, 2.45) is 10.1 Å². The van der Waals surface area contributed by atoms with Crippen LogP contribution in [0, 0.1) is 0 Å². The summed E-state index contributed by atoms with van der Waals surface area (Å²) in [6, 6.07) is 12.5. The van der Waals surface area contributed by atoms with Crippen LogP contribution in [0.1, 0.15) is 41.6 Å². The van der Waals surface area contributed by atoms with E-state index in [1.807, 2.05) is 37.2 Å². The molecule has 170 valence electrons. The monoisotopic (exact) mass is 457 g/mol. The van der Waals surface area contributed by atoms with Gasteiger partial charge in [-0.2, -0.15) is 8.42 Å². The molecule has 0 atom stereocenters. The largest absolute Gasteiger partial charge is 0.490 e. The molecule has 1 amide bonds. The number of fused-ring (bicyclic) bond motifs is 1. The lowest BCUT2D eigenvalue weighted by Gasteiger charge is -2.31. The van der Waals surface area contributed by atoms with Gasteiger partial charge in [-0.1, -0.05) is 25.0 Å². The third kappa shape index (κ3) is 4.50. The Hall–Kier alpha value is -3.27. The lowest BCUT2D eigenvalue weighted by atomic mass is 9.97. The van der Waals surface area contributed by atoms with Crippen molar-refractivity contribution in [2.45, 2.75) is 31.2 Å². The fraction of sp³-hybridized carbons (Fsp3) is 0.364. The number of carbonyl (C=O) groups excluding carboxylic acids is 1. The third-order valence-corrected chi connectivity index (χ3v) is 6.72. The number of amidine groups is 1. The zero-order valence-electron chi connectivity index (χ0n) is 18.1. The van der Waals surface area contributed by atoms with Gasteiger partial charge >= 0.3 is 10.2 Å². The van der Waals surface area contributed by atoms with E-state index in [-0.39, 0.29) is 18.3 Å². The molecule has 2 aromatic rings. The van der Waals surface area contributed by atoms with Gasteiger partial charge in [0.25, 0.3) is 5.91 Å². The Kier molecular flexibility index (Phi) is 5.72. The summed E-state index contributed by atoms with van der Waals surface area (Å²) >= 11 is 0. The number of nitrogens with two attached hydrogens (primary N) is 1. The molecule has 0 bridgehead atoms. The molecule has 0 unspecified atom stereocenters. The molecule has 2 aliphatic rings. The van der Waals surface area contributed by atoms with Crippen molar-refractivity contribution < 1.29 is 17.9 Å². The average molecular weight is 458 g/mol. The van der Waals surface area contributed by atoms with Crippen LogP contribution in [-0.2, 0) is 10.2 Å². The highest BCUT2D eigenvalue weighted by molar-refractivity contribution is 7.91. The predicted octanol–water partition coefficient (Wildman–Crippen LogP) is 2.25. The predicted molar refractivity (Wildman–Crippen MR) is 125 cm³/mol. The molecule has 0 spiro atoms. The minimum Gasteiger partial charge on any atom is -0.490 e. The van der Waals surface area contributed by atoms with Crippen LogP contribution in [0.2, 0.25) is 0 Å². The van der Waals surface area contributed by atoms with E-state index >= 15 is 0 Å². The highest BCUT2D eigenvalue weighted by Crippen LogP contribution is 2.34. The van der Waals surface area contributed by atoms with Gasteiger partial charge in [0.2, 0.25) is 0 Å². The van der Waals surface area contributed by atoms with E-state index in [0.29, 0.717) is 22.6 Å². The molecule has 1 heterocycles. The van der Waals surface area contributed by atoms with Crippen LogP contribution in [0.4, 0.5) is 11.4 Å². The fourth-order valence-electron chi connectivity index (χ4n) is 4.15. The first-order valence-corrected chi connectivity index (χ1v) is 11.9. The summed E-state index contributed by atoms with van der Waals surface area (Å²) in [5, 5.41) is 3.19. The molecule has 0 radical (unpaired) electrons. The summed E-state index contributed by atoms with van der Waals surface area (Å²) in [6.07, 6.45) is 3.55. The summed E-state index contributed by atoms with van der Waals surface area (Å²) < 4.78 is 35.6. The summed E-state index contributed by atoms with van der Waals surface area (Å²) in [4.78, 5) is 15.0. The first-order valence-electron chi connectivity index (χ1n) is 10.4. The van der Waals surface area contributed by atoms with Crippen LogP contribution in [0.5, 0.6) is 5.75 Å². The van der Waals surface area contributed by atoms with Crippen LogP contribution >= 0.6 is 0 Å². The molecule has 4 rings (SSSR count). The second-order valence-corrected chi connectivity index (χ2v) is 9.74. The molecule has 32 heavy (non-hydrogen) atoms. The Morgan fingerprint density at radius 3 is 2.66 bits per heavy atom. The number of rotatable bonds is 6. The number of hydrogen-bond donors (Lipinski definition) is 3. The standard InChI is InChI=1S/C22H27N5O4S/c1-27(2)16-8-5-7-15(13-16)21(28)24-22(11-3-4-12-22)14-31-18-10-6-9-17-19(18)20(23)26-32(29,30)25-17/h5-10,13,25H,3-4,11-12,14H2,1-2H3,(H2,23,26)(H,24,28). The van der Waals surface area contributed by atoms with Gasteiger partial charge in [0, 0.05) is 25.3 Å². The van der Waals surface area contributed by atoms with Crippen LogP contribution in [0.25, 0.3) is 0 Å². The zero-order valence-corrected chi connectivity index (χ0v) is 18.9. The van der Waals surface area contributed by atoms with E-state index in [2.05, 4.69) is 14.4 Å². The summed E-state index contributed by atoms with van der Waals surface area (Å²) in [7, 11) is -0.00503. The first-order chi connectivity index (χ1) is 15.2. The maximum absolute atomic E-state index is 13.0. The number of nitrogens with one attached hydrogen (secondary N) is 2. The van der Waals surface area contributed by atoms with Gasteiger partial charge in [0.15, 0.2) is 5.84 Å². The highest BCUT2D eigenvalue weighted by Gasteiger charge is 2.37. The second kappa shape index (κ2) is 8.34. The normalized spacial score (nSPS) is 18.1. The quantitative estimate of drug-likeness (QED) is 0.611.